The highest BCUT2D eigenvalue weighted by Crippen LogP contribution is 2.44. The monoisotopic (exact) mass is 256 g/mol. The van der Waals surface area contributed by atoms with Crippen LogP contribution in [0.5, 0.6) is 0 Å². The normalized spacial score (nSPS) is 29.3. The molecule has 1 aliphatic heterocycles. The van der Waals surface area contributed by atoms with Crippen LogP contribution in [-0.4, -0.2) is 29.9 Å². The quantitative estimate of drug-likeness (QED) is 0.766. The van der Waals surface area contributed by atoms with Crippen LogP contribution in [0.15, 0.2) is 12.1 Å². The molecule has 1 aromatic carbocycles. The second kappa shape index (κ2) is 3.71. The van der Waals surface area contributed by atoms with Gasteiger partial charge < -0.3 is 10.6 Å². The molecule has 1 saturated heterocycles. The number of carbonyl (C=O) groups is 1. The predicted octanol–water partition coefficient (Wildman–Crippen LogP) is 1.13. The van der Waals surface area contributed by atoms with E-state index in [2.05, 4.69) is 0 Å². The molecule has 1 saturated carbocycles. The van der Waals surface area contributed by atoms with Crippen molar-refractivity contribution < 1.29 is 18.0 Å². The van der Waals surface area contributed by atoms with Crippen molar-refractivity contribution in [2.75, 3.05) is 13.1 Å². The van der Waals surface area contributed by atoms with Gasteiger partial charge in [0.05, 0.1) is 5.56 Å². The molecule has 1 amide bonds. The molecular weight excluding hydrogens is 245 g/mol. The number of amides is 1. The van der Waals surface area contributed by atoms with Crippen LogP contribution in [0.1, 0.15) is 10.4 Å². The highest BCUT2D eigenvalue weighted by Gasteiger charge is 2.54. The van der Waals surface area contributed by atoms with Crippen molar-refractivity contribution in [2.24, 2.45) is 17.6 Å². The van der Waals surface area contributed by atoms with E-state index in [4.69, 9.17) is 5.73 Å². The number of fused-ring (bicyclic) bond motifs is 1. The van der Waals surface area contributed by atoms with E-state index in [1.54, 1.807) is 0 Å². The SMILES string of the molecule is NC1C2CN(C(=O)c3ccc(F)c(F)c3F)CC12. The van der Waals surface area contributed by atoms with Crippen LogP contribution in [0.2, 0.25) is 0 Å². The molecule has 2 fully saturated rings. The third kappa shape index (κ3) is 1.52. The van der Waals surface area contributed by atoms with E-state index in [1.165, 1.54) is 4.90 Å². The summed E-state index contributed by atoms with van der Waals surface area (Å²) in [5.41, 5.74) is 5.30. The fourth-order valence-electron chi connectivity index (χ4n) is 2.60. The summed E-state index contributed by atoms with van der Waals surface area (Å²) in [5.74, 6) is -4.41. The van der Waals surface area contributed by atoms with Gasteiger partial charge in [0, 0.05) is 19.1 Å². The Morgan fingerprint density at radius 2 is 1.78 bits per heavy atom. The Hall–Kier alpha value is -1.56. The Bertz CT molecular complexity index is 522. The number of halogens is 3. The van der Waals surface area contributed by atoms with Crippen molar-refractivity contribution in [3.8, 4) is 0 Å². The first-order valence-electron chi connectivity index (χ1n) is 5.69. The number of benzene rings is 1. The predicted molar refractivity (Wildman–Crippen MR) is 57.2 cm³/mol. The Morgan fingerprint density at radius 3 is 2.39 bits per heavy atom. The molecule has 0 spiro atoms. The van der Waals surface area contributed by atoms with Gasteiger partial charge in [0.1, 0.15) is 0 Å². The number of likely N-dealkylation sites (tertiary alicyclic amines) is 1. The zero-order valence-corrected chi connectivity index (χ0v) is 9.37. The third-order valence-electron chi connectivity index (χ3n) is 3.81. The number of rotatable bonds is 1. The highest BCUT2D eigenvalue weighted by atomic mass is 19.2. The number of carbonyl (C=O) groups excluding carboxylic acids is 1. The molecule has 2 unspecified atom stereocenters. The van der Waals surface area contributed by atoms with Gasteiger partial charge in [-0.3, -0.25) is 4.79 Å². The van der Waals surface area contributed by atoms with Gasteiger partial charge in [0.25, 0.3) is 5.91 Å². The molecule has 3 rings (SSSR count). The minimum Gasteiger partial charge on any atom is -0.338 e. The molecular formula is C12H11F3N2O. The highest BCUT2D eigenvalue weighted by molar-refractivity contribution is 5.94. The maximum Gasteiger partial charge on any atom is 0.256 e. The van der Waals surface area contributed by atoms with Crippen molar-refractivity contribution in [1.29, 1.82) is 0 Å². The Kier molecular flexibility index (Phi) is 2.38. The zero-order valence-electron chi connectivity index (χ0n) is 9.37. The number of nitrogens with zero attached hydrogens (tertiary/aromatic N) is 1. The molecule has 0 aromatic heterocycles. The summed E-state index contributed by atoms with van der Waals surface area (Å²) in [7, 11) is 0. The molecule has 0 bridgehead atoms. The Morgan fingerprint density at radius 1 is 1.17 bits per heavy atom. The van der Waals surface area contributed by atoms with E-state index in [0.717, 1.165) is 12.1 Å². The molecule has 1 aliphatic carbocycles. The largest absolute Gasteiger partial charge is 0.338 e. The molecule has 2 N–H and O–H groups in total. The van der Waals surface area contributed by atoms with E-state index in [1.807, 2.05) is 0 Å². The van der Waals surface area contributed by atoms with Gasteiger partial charge in [0.2, 0.25) is 0 Å². The average Bonchev–Trinajstić information content (AvgIpc) is 2.80. The molecule has 18 heavy (non-hydrogen) atoms. The first-order chi connectivity index (χ1) is 8.50. The van der Waals surface area contributed by atoms with Gasteiger partial charge in [-0.05, 0) is 24.0 Å². The van der Waals surface area contributed by atoms with Gasteiger partial charge in [-0.25, -0.2) is 13.2 Å². The maximum absolute atomic E-state index is 13.5. The fourth-order valence-corrected chi connectivity index (χ4v) is 2.60. The van der Waals surface area contributed by atoms with Crippen LogP contribution < -0.4 is 5.73 Å². The molecule has 6 heteroatoms. The molecule has 1 heterocycles. The number of hydrogen-bond donors (Lipinski definition) is 1. The minimum atomic E-state index is -1.61. The number of hydrogen-bond acceptors (Lipinski definition) is 2. The van der Waals surface area contributed by atoms with Crippen molar-refractivity contribution in [3.05, 3.63) is 35.1 Å². The first kappa shape index (κ1) is 11.5. The molecule has 2 aliphatic rings. The standard InChI is InChI=1S/C12H11F3N2O/c13-8-2-1-5(9(14)10(8)15)12(18)17-3-6-7(4-17)11(6)16/h1-2,6-7,11H,3-4,16H2. The van der Waals surface area contributed by atoms with Crippen LogP contribution in [0.25, 0.3) is 0 Å². The molecule has 96 valence electrons. The van der Waals surface area contributed by atoms with Crippen molar-refractivity contribution in [3.63, 3.8) is 0 Å². The Labute approximate surface area is 101 Å². The molecule has 0 radical (unpaired) electrons. The first-order valence-corrected chi connectivity index (χ1v) is 5.69. The molecule has 2 atom stereocenters. The minimum absolute atomic E-state index is 0.115. The maximum atomic E-state index is 13.5. The summed E-state index contributed by atoms with van der Waals surface area (Å²) in [5, 5.41) is 0. The summed E-state index contributed by atoms with van der Waals surface area (Å²) in [6, 6.07) is 1.84. The lowest BCUT2D eigenvalue weighted by Crippen LogP contribution is -2.34. The summed E-state index contributed by atoms with van der Waals surface area (Å²) in [4.78, 5) is 13.4. The van der Waals surface area contributed by atoms with Crippen LogP contribution >= 0.6 is 0 Å². The third-order valence-corrected chi connectivity index (χ3v) is 3.81. The lowest BCUT2D eigenvalue weighted by Gasteiger charge is -2.19. The topological polar surface area (TPSA) is 46.3 Å². The summed E-state index contributed by atoms with van der Waals surface area (Å²) in [6.07, 6.45) is 0. The van der Waals surface area contributed by atoms with Gasteiger partial charge in [-0.1, -0.05) is 0 Å². The lowest BCUT2D eigenvalue weighted by molar-refractivity contribution is 0.0767. The average molecular weight is 256 g/mol. The number of nitrogens with two attached hydrogens (primary N) is 1. The van der Waals surface area contributed by atoms with Crippen LogP contribution in [0.3, 0.4) is 0 Å². The van der Waals surface area contributed by atoms with E-state index in [0.29, 0.717) is 13.1 Å². The van der Waals surface area contributed by atoms with Crippen LogP contribution in [0.4, 0.5) is 13.2 Å². The summed E-state index contributed by atoms with van der Waals surface area (Å²) >= 11 is 0. The van der Waals surface area contributed by atoms with Gasteiger partial charge in [-0.15, -0.1) is 0 Å². The van der Waals surface area contributed by atoms with Gasteiger partial charge in [-0.2, -0.15) is 0 Å². The van der Waals surface area contributed by atoms with Crippen molar-refractivity contribution >= 4 is 5.91 Å². The second-order valence-electron chi connectivity index (χ2n) is 4.84. The van der Waals surface area contributed by atoms with Crippen LogP contribution in [0, 0.1) is 29.3 Å². The molecule has 1 aromatic rings. The summed E-state index contributed by atoms with van der Waals surface area (Å²) < 4.78 is 39.3. The van der Waals surface area contributed by atoms with Gasteiger partial charge in [0.15, 0.2) is 17.5 Å². The van der Waals surface area contributed by atoms with Crippen LogP contribution in [-0.2, 0) is 0 Å². The fraction of sp³-hybridized carbons (Fsp3) is 0.417. The Balaban J connectivity index is 1.83. The second-order valence-corrected chi connectivity index (χ2v) is 4.84. The number of piperidine rings is 1. The van der Waals surface area contributed by atoms with E-state index in [9.17, 15) is 18.0 Å². The van der Waals surface area contributed by atoms with E-state index < -0.39 is 28.9 Å². The molecule has 3 nitrogen and oxygen atoms in total. The zero-order chi connectivity index (χ0) is 13.0. The lowest BCUT2D eigenvalue weighted by atomic mass is 10.1. The van der Waals surface area contributed by atoms with E-state index >= 15 is 0 Å². The van der Waals surface area contributed by atoms with E-state index in [-0.39, 0.29) is 17.9 Å². The summed E-state index contributed by atoms with van der Waals surface area (Å²) in [6.45, 7) is 0.923. The smallest absolute Gasteiger partial charge is 0.256 e. The van der Waals surface area contributed by atoms with Crippen molar-refractivity contribution in [1.82, 2.24) is 4.90 Å². The van der Waals surface area contributed by atoms with Crippen molar-refractivity contribution in [2.45, 2.75) is 6.04 Å². The van der Waals surface area contributed by atoms with Gasteiger partial charge >= 0.3 is 0 Å².